The molecule has 0 unspecified atom stereocenters. The van der Waals surface area contributed by atoms with Crippen LogP contribution in [0.4, 0.5) is 11.4 Å². The summed E-state index contributed by atoms with van der Waals surface area (Å²) in [7, 11) is 0. The number of nitrogens with one attached hydrogen (secondary N) is 2. The van der Waals surface area contributed by atoms with Gasteiger partial charge in [-0.15, -0.1) is 0 Å². The lowest BCUT2D eigenvalue weighted by molar-refractivity contribution is -0.110. The van der Waals surface area contributed by atoms with E-state index in [0.29, 0.717) is 22.5 Å². The van der Waals surface area contributed by atoms with Gasteiger partial charge in [0, 0.05) is 23.0 Å². The van der Waals surface area contributed by atoms with Gasteiger partial charge < -0.3 is 15.4 Å². The molecule has 1 aromatic heterocycles. The van der Waals surface area contributed by atoms with E-state index < -0.39 is 5.97 Å². The molecular formula is C29H23N3O3. The van der Waals surface area contributed by atoms with Gasteiger partial charge in [0.2, 0.25) is 0 Å². The molecule has 0 radical (unpaired) electrons. The molecule has 0 bridgehead atoms. The minimum absolute atomic E-state index is 0.238. The molecule has 1 amide bonds. The summed E-state index contributed by atoms with van der Waals surface area (Å²) in [6.07, 6.45) is 1.77. The first-order chi connectivity index (χ1) is 17.1. The van der Waals surface area contributed by atoms with Crippen LogP contribution in [0.5, 0.6) is 0 Å². The number of nitrogens with zero attached hydrogens (tertiary/aromatic N) is 1. The van der Waals surface area contributed by atoms with Gasteiger partial charge in [0.25, 0.3) is 5.91 Å². The Morgan fingerprint density at radius 3 is 2.40 bits per heavy atom. The van der Waals surface area contributed by atoms with Gasteiger partial charge in [-0.3, -0.25) is 9.78 Å². The van der Waals surface area contributed by atoms with Crippen molar-refractivity contribution in [2.45, 2.75) is 6.92 Å². The molecule has 2 N–H and O–H groups in total. The number of aromatic nitrogens is 1. The lowest BCUT2D eigenvalue weighted by atomic mass is 9.99. The number of amides is 1. The third-order valence-electron chi connectivity index (χ3n) is 5.70. The van der Waals surface area contributed by atoms with E-state index in [9.17, 15) is 9.59 Å². The van der Waals surface area contributed by atoms with E-state index >= 15 is 0 Å². The summed E-state index contributed by atoms with van der Waals surface area (Å²) in [4.78, 5) is 29.7. The minimum Gasteiger partial charge on any atom is -0.462 e. The molecular weight excluding hydrogens is 438 g/mol. The lowest BCUT2D eigenvalue weighted by Crippen LogP contribution is -2.10. The van der Waals surface area contributed by atoms with Gasteiger partial charge in [0.15, 0.2) is 0 Å². The maximum Gasteiger partial charge on any atom is 0.338 e. The molecule has 0 saturated heterocycles. The number of esters is 1. The summed E-state index contributed by atoms with van der Waals surface area (Å²) >= 11 is 0. The molecule has 0 spiro atoms. The zero-order chi connectivity index (χ0) is 24.2. The van der Waals surface area contributed by atoms with Crippen molar-refractivity contribution in [2.75, 3.05) is 17.2 Å². The summed E-state index contributed by atoms with van der Waals surface area (Å²) in [5.41, 5.74) is 6.48. The van der Waals surface area contributed by atoms with Crippen LogP contribution in [0.15, 0.2) is 97.2 Å². The number of hydrogen-bond acceptors (Lipinski definition) is 5. The number of ether oxygens (including phenoxy) is 1. The number of pyridine rings is 1. The van der Waals surface area contributed by atoms with Gasteiger partial charge in [0.05, 0.1) is 34.8 Å². The van der Waals surface area contributed by atoms with Gasteiger partial charge >= 0.3 is 5.97 Å². The van der Waals surface area contributed by atoms with Crippen molar-refractivity contribution in [1.29, 1.82) is 0 Å². The van der Waals surface area contributed by atoms with Crippen molar-refractivity contribution >= 4 is 34.5 Å². The molecule has 6 heteroatoms. The molecule has 172 valence electrons. The number of carbonyl (C=O) groups is 2. The Balaban J connectivity index is 1.55. The fourth-order valence-corrected chi connectivity index (χ4v) is 4.05. The van der Waals surface area contributed by atoms with Gasteiger partial charge in [-0.1, -0.05) is 54.6 Å². The van der Waals surface area contributed by atoms with Crippen LogP contribution in [0.25, 0.3) is 22.5 Å². The highest BCUT2D eigenvalue weighted by atomic mass is 16.5. The Hall–Kier alpha value is -4.71. The van der Waals surface area contributed by atoms with Crippen LogP contribution in [-0.4, -0.2) is 23.5 Å². The molecule has 0 aliphatic carbocycles. The van der Waals surface area contributed by atoms with Crippen LogP contribution in [0, 0.1) is 0 Å². The predicted molar refractivity (Wildman–Crippen MR) is 138 cm³/mol. The Bertz CT molecular complexity index is 1410. The number of fused-ring (bicyclic) bond motifs is 1. The first-order valence-electron chi connectivity index (χ1n) is 11.3. The van der Waals surface area contributed by atoms with Gasteiger partial charge in [-0.05, 0) is 48.9 Å². The number of carbonyl (C=O) groups excluding carboxylic acids is 2. The summed E-state index contributed by atoms with van der Waals surface area (Å²) in [5.74, 6) is -0.658. The molecule has 0 saturated carbocycles. The molecule has 6 nitrogen and oxygen atoms in total. The first-order valence-corrected chi connectivity index (χ1v) is 11.3. The van der Waals surface area contributed by atoms with Crippen molar-refractivity contribution in [2.24, 2.45) is 0 Å². The molecule has 1 aliphatic heterocycles. The summed E-state index contributed by atoms with van der Waals surface area (Å²) in [6.45, 7) is 2.04. The first kappa shape index (κ1) is 22.1. The van der Waals surface area contributed by atoms with Crippen LogP contribution < -0.4 is 10.6 Å². The third kappa shape index (κ3) is 4.54. The maximum absolute atomic E-state index is 13.1. The zero-order valence-electron chi connectivity index (χ0n) is 19.1. The van der Waals surface area contributed by atoms with E-state index in [0.717, 1.165) is 28.1 Å². The van der Waals surface area contributed by atoms with Crippen LogP contribution >= 0.6 is 0 Å². The monoisotopic (exact) mass is 461 g/mol. The molecule has 0 fully saturated rings. The smallest absolute Gasteiger partial charge is 0.338 e. The summed E-state index contributed by atoms with van der Waals surface area (Å²) in [5, 5.41) is 6.35. The molecule has 35 heavy (non-hydrogen) atoms. The summed E-state index contributed by atoms with van der Waals surface area (Å²) < 4.78 is 5.10. The molecule has 3 aromatic carbocycles. The van der Waals surface area contributed by atoms with Crippen LogP contribution in [0.1, 0.15) is 28.4 Å². The van der Waals surface area contributed by atoms with Crippen molar-refractivity contribution in [3.05, 3.63) is 114 Å². The Labute approximate surface area is 203 Å². The Morgan fingerprint density at radius 1 is 0.914 bits per heavy atom. The normalized spacial score (nSPS) is 13.6. The number of hydrogen-bond donors (Lipinski definition) is 2. The maximum atomic E-state index is 13.1. The number of rotatable bonds is 6. The highest BCUT2D eigenvalue weighted by Gasteiger charge is 2.29. The van der Waals surface area contributed by atoms with Crippen LogP contribution in [0.3, 0.4) is 0 Å². The molecule has 5 rings (SSSR count). The van der Waals surface area contributed by atoms with Crippen LogP contribution in [0.2, 0.25) is 0 Å². The van der Waals surface area contributed by atoms with E-state index in [2.05, 4.69) is 15.6 Å². The molecule has 4 aromatic rings. The number of anilines is 2. The second kappa shape index (κ2) is 9.65. The topological polar surface area (TPSA) is 80.3 Å². The quantitative estimate of drug-likeness (QED) is 0.278. The number of benzene rings is 3. The zero-order valence-corrected chi connectivity index (χ0v) is 19.1. The highest BCUT2D eigenvalue weighted by molar-refractivity contribution is 6.37. The Kier molecular flexibility index (Phi) is 6.09. The van der Waals surface area contributed by atoms with Crippen molar-refractivity contribution in [3.8, 4) is 11.3 Å². The van der Waals surface area contributed by atoms with E-state index in [1.54, 1.807) is 31.3 Å². The second-order valence-corrected chi connectivity index (χ2v) is 7.97. The predicted octanol–water partition coefficient (Wildman–Crippen LogP) is 5.86. The fourth-order valence-electron chi connectivity index (χ4n) is 4.05. The third-order valence-corrected chi connectivity index (χ3v) is 5.70. The van der Waals surface area contributed by atoms with Crippen molar-refractivity contribution < 1.29 is 14.3 Å². The second-order valence-electron chi connectivity index (χ2n) is 7.97. The average Bonchev–Trinajstić information content (AvgIpc) is 3.23. The van der Waals surface area contributed by atoms with Crippen molar-refractivity contribution in [1.82, 2.24) is 4.98 Å². The highest BCUT2D eigenvalue weighted by Crippen LogP contribution is 2.38. The largest absolute Gasteiger partial charge is 0.462 e. The van der Waals surface area contributed by atoms with Gasteiger partial charge in [-0.2, -0.15) is 0 Å². The SMILES string of the molecule is CCOC(=O)c1ccc2c(c1)NC(=O)/C2=C(\Nc1ccc(-c2ccccn2)cc1)c1ccccc1. The van der Waals surface area contributed by atoms with E-state index in [4.69, 9.17) is 4.74 Å². The van der Waals surface area contributed by atoms with E-state index in [1.807, 2.05) is 72.8 Å². The van der Waals surface area contributed by atoms with Crippen LogP contribution in [-0.2, 0) is 9.53 Å². The van der Waals surface area contributed by atoms with Crippen molar-refractivity contribution in [3.63, 3.8) is 0 Å². The van der Waals surface area contributed by atoms with E-state index in [1.165, 1.54) is 0 Å². The summed E-state index contributed by atoms with van der Waals surface area (Å²) in [6, 6.07) is 28.5. The Morgan fingerprint density at radius 2 is 1.69 bits per heavy atom. The molecule has 2 heterocycles. The average molecular weight is 462 g/mol. The van der Waals surface area contributed by atoms with E-state index in [-0.39, 0.29) is 12.5 Å². The fraction of sp³-hybridized carbons (Fsp3) is 0.0690. The minimum atomic E-state index is -0.420. The van der Waals surface area contributed by atoms with Gasteiger partial charge in [0.1, 0.15) is 0 Å². The molecule has 1 aliphatic rings. The molecule has 0 atom stereocenters. The van der Waals surface area contributed by atoms with Gasteiger partial charge in [-0.25, -0.2) is 4.79 Å². The standard InChI is InChI=1S/C29H23N3O3/c1-2-35-29(34)21-13-16-23-25(18-21)32-28(33)26(23)27(20-8-4-3-5-9-20)31-22-14-11-19(12-15-22)24-10-6-7-17-30-24/h3-18,31H,2H2,1H3,(H,32,33)/b27-26-. The lowest BCUT2D eigenvalue weighted by Gasteiger charge is -2.15.